The summed E-state index contributed by atoms with van der Waals surface area (Å²) in [6, 6.07) is 9.41. The van der Waals surface area contributed by atoms with Gasteiger partial charge in [0.1, 0.15) is 17.3 Å². The van der Waals surface area contributed by atoms with Gasteiger partial charge in [0, 0.05) is 13.1 Å². The summed E-state index contributed by atoms with van der Waals surface area (Å²) in [6.45, 7) is 4.97. The summed E-state index contributed by atoms with van der Waals surface area (Å²) < 4.78 is 55.3. The van der Waals surface area contributed by atoms with E-state index in [1.807, 2.05) is 11.8 Å². The second-order valence-electron chi connectivity index (χ2n) is 7.93. The first kappa shape index (κ1) is 23.3. The van der Waals surface area contributed by atoms with E-state index < -0.39 is 39.3 Å². The molecule has 0 aliphatic carbocycles. The molecule has 1 heterocycles. The lowest BCUT2D eigenvalue weighted by molar-refractivity contribution is -0.121. The molecule has 2 aromatic carbocycles. The van der Waals surface area contributed by atoms with E-state index in [9.17, 15) is 22.0 Å². The molecule has 0 bridgehead atoms. The van der Waals surface area contributed by atoms with E-state index in [1.165, 1.54) is 6.07 Å². The van der Waals surface area contributed by atoms with Crippen molar-refractivity contribution in [1.82, 2.24) is 9.62 Å². The highest BCUT2D eigenvalue weighted by Crippen LogP contribution is 2.22. The van der Waals surface area contributed by atoms with Crippen LogP contribution in [0.3, 0.4) is 0 Å². The Hall–Kier alpha value is -2.36. The number of nitrogens with zero attached hydrogens (tertiary/aromatic N) is 1. The van der Waals surface area contributed by atoms with Gasteiger partial charge in [-0.2, -0.15) is 0 Å². The van der Waals surface area contributed by atoms with Crippen LogP contribution in [0.1, 0.15) is 25.3 Å². The maximum atomic E-state index is 13.8. The van der Waals surface area contributed by atoms with E-state index in [0.29, 0.717) is 13.1 Å². The number of aryl methyl sites for hydroxylation is 1. The summed E-state index contributed by atoms with van der Waals surface area (Å²) in [4.78, 5) is 14.7. The standard InChI is InChI=1S/C22H27F2N3O3S/c1-15-8-10-18(11-9-15)31(29,30)25-13-17-5-4-12-27(14-17)16(2)22(28)26-21-19(23)6-3-7-20(21)24/h3,6-11,16-17,25H,4-5,12-14H2,1-2H3,(H,26,28). The summed E-state index contributed by atoms with van der Waals surface area (Å²) in [5.74, 6) is -2.15. The third-order valence-corrected chi connectivity index (χ3v) is 7.02. The van der Waals surface area contributed by atoms with Gasteiger partial charge in [0.15, 0.2) is 0 Å². The summed E-state index contributed by atoms with van der Waals surface area (Å²) in [5, 5.41) is 2.33. The third-order valence-electron chi connectivity index (χ3n) is 5.58. The molecule has 2 aromatic rings. The molecule has 0 aromatic heterocycles. The average Bonchev–Trinajstić information content (AvgIpc) is 2.75. The number of hydrogen-bond donors (Lipinski definition) is 2. The van der Waals surface area contributed by atoms with E-state index in [2.05, 4.69) is 10.0 Å². The molecule has 9 heteroatoms. The van der Waals surface area contributed by atoms with Crippen molar-refractivity contribution in [2.75, 3.05) is 25.0 Å². The highest BCUT2D eigenvalue weighted by Gasteiger charge is 2.29. The summed E-state index contributed by atoms with van der Waals surface area (Å²) in [5.41, 5.74) is 0.517. The van der Waals surface area contributed by atoms with Crippen LogP contribution < -0.4 is 10.0 Å². The van der Waals surface area contributed by atoms with Gasteiger partial charge in [-0.05, 0) is 63.4 Å². The lowest BCUT2D eigenvalue weighted by atomic mass is 9.97. The van der Waals surface area contributed by atoms with Crippen molar-refractivity contribution >= 4 is 21.6 Å². The van der Waals surface area contributed by atoms with Crippen molar-refractivity contribution in [3.8, 4) is 0 Å². The van der Waals surface area contributed by atoms with Gasteiger partial charge in [0.2, 0.25) is 15.9 Å². The Morgan fingerprint density at radius 3 is 2.45 bits per heavy atom. The minimum absolute atomic E-state index is 0.0226. The zero-order valence-electron chi connectivity index (χ0n) is 17.6. The van der Waals surface area contributed by atoms with Gasteiger partial charge in [-0.3, -0.25) is 9.69 Å². The van der Waals surface area contributed by atoms with E-state index >= 15 is 0 Å². The van der Waals surface area contributed by atoms with E-state index in [-0.39, 0.29) is 17.4 Å². The number of carbonyl (C=O) groups excluding carboxylic acids is 1. The number of likely N-dealkylation sites (tertiary alicyclic amines) is 1. The van der Waals surface area contributed by atoms with E-state index in [0.717, 1.165) is 30.5 Å². The molecule has 2 unspecified atom stereocenters. The van der Waals surface area contributed by atoms with Crippen molar-refractivity contribution in [3.63, 3.8) is 0 Å². The molecule has 1 saturated heterocycles. The van der Waals surface area contributed by atoms with Gasteiger partial charge in [-0.1, -0.05) is 23.8 Å². The van der Waals surface area contributed by atoms with E-state index in [4.69, 9.17) is 0 Å². The molecule has 0 spiro atoms. The molecule has 2 atom stereocenters. The summed E-state index contributed by atoms with van der Waals surface area (Å²) in [7, 11) is -3.61. The maximum Gasteiger partial charge on any atom is 0.241 e. The van der Waals surface area contributed by atoms with Crippen LogP contribution in [0, 0.1) is 24.5 Å². The topological polar surface area (TPSA) is 78.5 Å². The molecule has 1 amide bonds. The molecule has 1 fully saturated rings. The Kier molecular flexibility index (Phi) is 7.40. The number of hydrogen-bond acceptors (Lipinski definition) is 4. The van der Waals surface area contributed by atoms with Crippen LogP contribution in [0.15, 0.2) is 47.4 Å². The molecule has 0 saturated carbocycles. The fraction of sp³-hybridized carbons (Fsp3) is 0.409. The number of sulfonamides is 1. The minimum Gasteiger partial charge on any atom is -0.320 e. The highest BCUT2D eigenvalue weighted by atomic mass is 32.2. The van der Waals surface area contributed by atoms with Crippen LogP contribution in [-0.4, -0.2) is 44.9 Å². The first-order valence-corrected chi connectivity index (χ1v) is 11.7. The van der Waals surface area contributed by atoms with Crippen LogP contribution in [0.5, 0.6) is 0 Å². The van der Waals surface area contributed by atoms with Gasteiger partial charge >= 0.3 is 0 Å². The molecule has 168 valence electrons. The Morgan fingerprint density at radius 2 is 1.81 bits per heavy atom. The Labute approximate surface area is 181 Å². The van der Waals surface area contributed by atoms with Gasteiger partial charge in [-0.25, -0.2) is 21.9 Å². The zero-order chi connectivity index (χ0) is 22.6. The molecule has 6 nitrogen and oxygen atoms in total. The van der Waals surface area contributed by atoms with Gasteiger partial charge in [0.25, 0.3) is 0 Å². The lowest BCUT2D eigenvalue weighted by Crippen LogP contribution is -2.49. The van der Waals surface area contributed by atoms with Crippen LogP contribution >= 0.6 is 0 Å². The van der Waals surface area contributed by atoms with Crippen LogP contribution in [0.2, 0.25) is 0 Å². The minimum atomic E-state index is -3.61. The van der Waals surface area contributed by atoms with Crippen LogP contribution in [-0.2, 0) is 14.8 Å². The van der Waals surface area contributed by atoms with Crippen molar-refractivity contribution in [1.29, 1.82) is 0 Å². The van der Waals surface area contributed by atoms with Crippen molar-refractivity contribution in [2.45, 2.75) is 37.6 Å². The molecule has 0 radical (unpaired) electrons. The number of para-hydroxylation sites is 1. The number of carbonyl (C=O) groups is 1. The Balaban J connectivity index is 1.58. The zero-order valence-corrected chi connectivity index (χ0v) is 18.4. The SMILES string of the molecule is Cc1ccc(S(=O)(=O)NCC2CCCN(C(C)C(=O)Nc3c(F)cccc3F)C2)cc1. The molecular formula is C22H27F2N3O3S. The number of rotatable bonds is 7. The number of piperidine rings is 1. The fourth-order valence-electron chi connectivity index (χ4n) is 3.65. The molecular weight excluding hydrogens is 424 g/mol. The van der Waals surface area contributed by atoms with E-state index in [1.54, 1.807) is 31.2 Å². The first-order valence-electron chi connectivity index (χ1n) is 10.2. The van der Waals surface area contributed by atoms with Gasteiger partial charge in [-0.15, -0.1) is 0 Å². The van der Waals surface area contributed by atoms with Crippen molar-refractivity contribution in [3.05, 3.63) is 59.7 Å². The monoisotopic (exact) mass is 451 g/mol. The molecule has 31 heavy (non-hydrogen) atoms. The lowest BCUT2D eigenvalue weighted by Gasteiger charge is -2.36. The number of halogens is 2. The number of benzene rings is 2. The molecule has 1 aliphatic rings. The van der Waals surface area contributed by atoms with Crippen LogP contribution in [0.25, 0.3) is 0 Å². The predicted molar refractivity (Wildman–Crippen MR) is 115 cm³/mol. The number of amides is 1. The summed E-state index contributed by atoms with van der Waals surface area (Å²) >= 11 is 0. The fourth-order valence-corrected chi connectivity index (χ4v) is 4.77. The molecule has 1 aliphatic heterocycles. The summed E-state index contributed by atoms with van der Waals surface area (Å²) in [6.07, 6.45) is 1.62. The normalized spacial score (nSPS) is 18.5. The average molecular weight is 452 g/mol. The smallest absolute Gasteiger partial charge is 0.241 e. The first-order chi connectivity index (χ1) is 14.7. The molecule has 2 N–H and O–H groups in total. The quantitative estimate of drug-likeness (QED) is 0.677. The predicted octanol–water partition coefficient (Wildman–Crippen LogP) is 3.29. The highest BCUT2D eigenvalue weighted by molar-refractivity contribution is 7.89. The van der Waals surface area contributed by atoms with Gasteiger partial charge < -0.3 is 5.32 Å². The second kappa shape index (κ2) is 9.84. The van der Waals surface area contributed by atoms with Crippen molar-refractivity contribution in [2.24, 2.45) is 5.92 Å². The van der Waals surface area contributed by atoms with Crippen molar-refractivity contribution < 1.29 is 22.0 Å². The Bertz CT molecular complexity index is 1010. The molecule has 3 rings (SSSR count). The third kappa shape index (κ3) is 5.87. The largest absolute Gasteiger partial charge is 0.320 e. The number of nitrogens with one attached hydrogen (secondary N) is 2. The van der Waals surface area contributed by atoms with Crippen LogP contribution in [0.4, 0.5) is 14.5 Å². The van der Waals surface area contributed by atoms with Gasteiger partial charge in [0.05, 0.1) is 10.9 Å². The second-order valence-corrected chi connectivity index (χ2v) is 9.70. The Morgan fingerprint density at radius 1 is 1.16 bits per heavy atom. The maximum absolute atomic E-state index is 13.8. The number of anilines is 1.